The van der Waals surface area contributed by atoms with Crippen molar-refractivity contribution in [1.29, 1.82) is 0 Å². The predicted molar refractivity (Wildman–Crippen MR) is 73.9 cm³/mol. The second-order valence-electron chi connectivity index (χ2n) is 5.54. The van der Waals surface area contributed by atoms with Gasteiger partial charge in [-0.05, 0) is 19.3 Å². The summed E-state index contributed by atoms with van der Waals surface area (Å²) in [6, 6.07) is 1.85. The minimum atomic E-state index is -0.815. The Morgan fingerprint density at radius 2 is 2.21 bits per heavy atom. The normalized spacial score (nSPS) is 18.2. The van der Waals surface area contributed by atoms with Crippen LogP contribution in [0.15, 0.2) is 6.07 Å². The number of amides is 1. The molecule has 1 fully saturated rings. The van der Waals surface area contributed by atoms with Gasteiger partial charge in [0.2, 0.25) is 5.91 Å². The molecule has 0 spiro atoms. The highest BCUT2D eigenvalue weighted by molar-refractivity contribution is 5.90. The van der Waals surface area contributed by atoms with Crippen LogP contribution < -0.4 is 5.32 Å². The zero-order chi connectivity index (χ0) is 13.7. The third-order valence-corrected chi connectivity index (χ3v) is 3.69. The van der Waals surface area contributed by atoms with E-state index in [1.54, 1.807) is 0 Å². The lowest BCUT2D eigenvalue weighted by molar-refractivity contribution is -0.122. The maximum atomic E-state index is 11.9. The van der Waals surface area contributed by atoms with Crippen molar-refractivity contribution in [2.75, 3.05) is 5.32 Å². The van der Waals surface area contributed by atoms with Crippen LogP contribution in [0.5, 0.6) is 0 Å². The number of aliphatic hydroxyl groups is 1. The molecule has 1 amide bonds. The van der Waals surface area contributed by atoms with Crippen LogP contribution >= 0.6 is 0 Å². The van der Waals surface area contributed by atoms with Gasteiger partial charge in [0.1, 0.15) is 0 Å². The topological polar surface area (TPSA) is 78.0 Å². The van der Waals surface area contributed by atoms with Crippen molar-refractivity contribution in [3.8, 4) is 0 Å². The number of aromatic amines is 1. The van der Waals surface area contributed by atoms with E-state index in [4.69, 9.17) is 0 Å². The first kappa shape index (κ1) is 14.1. The summed E-state index contributed by atoms with van der Waals surface area (Å²) in [4.78, 5) is 11.9. The number of nitrogens with zero attached hydrogens (tertiary/aromatic N) is 1. The van der Waals surface area contributed by atoms with Crippen molar-refractivity contribution in [3.05, 3.63) is 11.8 Å². The number of anilines is 1. The Balaban J connectivity index is 1.86. The summed E-state index contributed by atoms with van der Waals surface area (Å²) < 4.78 is 0. The molecule has 5 heteroatoms. The zero-order valence-corrected chi connectivity index (χ0v) is 11.5. The number of nitrogens with one attached hydrogen (secondary N) is 2. The van der Waals surface area contributed by atoms with Crippen LogP contribution in [-0.2, 0) is 11.2 Å². The Hall–Kier alpha value is -1.36. The largest absolute Gasteiger partial charge is 0.389 e. The summed E-state index contributed by atoms with van der Waals surface area (Å²) in [7, 11) is 0. The summed E-state index contributed by atoms with van der Waals surface area (Å²) >= 11 is 0. The number of hydrogen-bond donors (Lipinski definition) is 3. The number of H-pyrrole nitrogens is 1. The van der Waals surface area contributed by atoms with E-state index in [1.807, 2.05) is 6.07 Å². The Kier molecular flexibility index (Phi) is 4.58. The lowest BCUT2D eigenvalue weighted by Gasteiger charge is -2.31. The third kappa shape index (κ3) is 4.06. The van der Waals surface area contributed by atoms with E-state index in [0.717, 1.165) is 50.6 Å². The van der Waals surface area contributed by atoms with Crippen molar-refractivity contribution in [1.82, 2.24) is 10.2 Å². The average molecular weight is 265 g/mol. The van der Waals surface area contributed by atoms with Crippen molar-refractivity contribution in [3.63, 3.8) is 0 Å². The van der Waals surface area contributed by atoms with Crippen LogP contribution in [0.2, 0.25) is 0 Å². The highest BCUT2D eigenvalue weighted by atomic mass is 16.3. The van der Waals surface area contributed by atoms with Gasteiger partial charge in [0.15, 0.2) is 5.82 Å². The van der Waals surface area contributed by atoms with E-state index in [9.17, 15) is 9.90 Å². The van der Waals surface area contributed by atoms with E-state index in [0.29, 0.717) is 5.82 Å². The van der Waals surface area contributed by atoms with E-state index in [2.05, 4.69) is 22.4 Å². The van der Waals surface area contributed by atoms with Gasteiger partial charge in [-0.1, -0.05) is 32.6 Å². The number of hydrogen-bond acceptors (Lipinski definition) is 3. The van der Waals surface area contributed by atoms with Crippen LogP contribution in [0.3, 0.4) is 0 Å². The molecule has 3 N–H and O–H groups in total. The molecule has 1 aromatic heterocycles. The maximum absolute atomic E-state index is 11.9. The Morgan fingerprint density at radius 3 is 2.89 bits per heavy atom. The molecule has 0 aromatic carbocycles. The number of rotatable bonds is 5. The summed E-state index contributed by atoms with van der Waals surface area (Å²) in [5, 5.41) is 20.0. The summed E-state index contributed by atoms with van der Waals surface area (Å²) in [5.74, 6) is 0.395. The number of aromatic nitrogens is 2. The van der Waals surface area contributed by atoms with Crippen LogP contribution in [0, 0.1) is 0 Å². The van der Waals surface area contributed by atoms with Crippen LogP contribution in [0.25, 0.3) is 0 Å². The number of carbonyl (C=O) groups excluding carboxylic acids is 1. The van der Waals surface area contributed by atoms with Crippen molar-refractivity contribution >= 4 is 11.7 Å². The van der Waals surface area contributed by atoms with Crippen molar-refractivity contribution < 1.29 is 9.90 Å². The molecule has 1 aliphatic rings. The molecule has 0 aliphatic heterocycles. The van der Waals surface area contributed by atoms with E-state index < -0.39 is 5.60 Å². The predicted octanol–water partition coefficient (Wildman–Crippen LogP) is 2.39. The molecule has 0 saturated heterocycles. The minimum absolute atomic E-state index is 0.154. The Bertz CT molecular complexity index is 422. The molecule has 1 aliphatic carbocycles. The first-order chi connectivity index (χ1) is 9.11. The molecule has 19 heavy (non-hydrogen) atoms. The summed E-state index contributed by atoms with van der Waals surface area (Å²) in [5.41, 5.74) is 0.208. The van der Waals surface area contributed by atoms with Gasteiger partial charge < -0.3 is 10.4 Å². The molecule has 0 radical (unpaired) electrons. The fourth-order valence-electron chi connectivity index (χ4n) is 2.70. The number of carbonyl (C=O) groups is 1. The molecule has 0 atom stereocenters. The standard InChI is InChI=1S/C14H23N3O2/c1-2-6-11-9-12(17-16-11)15-13(18)10-14(19)7-4-3-5-8-14/h9,19H,2-8,10H2,1H3,(H2,15,16,17,18). The second-order valence-corrected chi connectivity index (χ2v) is 5.54. The van der Waals surface area contributed by atoms with Crippen molar-refractivity contribution in [2.45, 2.75) is 63.9 Å². The highest BCUT2D eigenvalue weighted by Gasteiger charge is 2.31. The summed E-state index contributed by atoms with van der Waals surface area (Å²) in [6.07, 6.45) is 6.75. The summed E-state index contributed by atoms with van der Waals surface area (Å²) in [6.45, 7) is 2.09. The van der Waals surface area contributed by atoms with Crippen molar-refractivity contribution in [2.24, 2.45) is 0 Å². The van der Waals surface area contributed by atoms with Gasteiger partial charge in [0.05, 0.1) is 12.0 Å². The molecule has 106 valence electrons. The van der Waals surface area contributed by atoms with Gasteiger partial charge in [-0.3, -0.25) is 9.89 Å². The Morgan fingerprint density at radius 1 is 1.47 bits per heavy atom. The fraction of sp³-hybridized carbons (Fsp3) is 0.714. The lowest BCUT2D eigenvalue weighted by atomic mass is 9.82. The molecular weight excluding hydrogens is 242 g/mol. The first-order valence-electron chi connectivity index (χ1n) is 7.18. The Labute approximate surface area is 113 Å². The van der Waals surface area contributed by atoms with Crippen LogP contribution in [-0.4, -0.2) is 26.8 Å². The lowest BCUT2D eigenvalue weighted by Crippen LogP contribution is -2.35. The van der Waals surface area contributed by atoms with Gasteiger partial charge in [0, 0.05) is 11.8 Å². The van der Waals surface area contributed by atoms with Gasteiger partial charge >= 0.3 is 0 Å². The number of aryl methyl sites for hydroxylation is 1. The molecule has 5 nitrogen and oxygen atoms in total. The quantitative estimate of drug-likeness (QED) is 0.765. The van der Waals surface area contributed by atoms with Gasteiger partial charge in [-0.2, -0.15) is 5.10 Å². The van der Waals surface area contributed by atoms with E-state index in [-0.39, 0.29) is 12.3 Å². The smallest absolute Gasteiger partial charge is 0.228 e. The molecule has 1 aromatic rings. The molecule has 0 bridgehead atoms. The minimum Gasteiger partial charge on any atom is -0.389 e. The first-order valence-corrected chi connectivity index (χ1v) is 7.18. The molecule has 2 rings (SSSR count). The highest BCUT2D eigenvalue weighted by Crippen LogP contribution is 2.31. The SMILES string of the molecule is CCCc1cc(NC(=O)CC2(O)CCCCC2)n[nH]1. The average Bonchev–Trinajstić information content (AvgIpc) is 2.77. The molecular formula is C14H23N3O2. The molecule has 0 unspecified atom stereocenters. The molecule has 1 saturated carbocycles. The molecule has 1 heterocycles. The second kappa shape index (κ2) is 6.19. The third-order valence-electron chi connectivity index (χ3n) is 3.69. The maximum Gasteiger partial charge on any atom is 0.228 e. The zero-order valence-electron chi connectivity index (χ0n) is 11.5. The van der Waals surface area contributed by atoms with Gasteiger partial charge in [-0.15, -0.1) is 0 Å². The van der Waals surface area contributed by atoms with E-state index >= 15 is 0 Å². The van der Waals surface area contributed by atoms with Crippen LogP contribution in [0.4, 0.5) is 5.82 Å². The monoisotopic (exact) mass is 265 g/mol. The van der Waals surface area contributed by atoms with Gasteiger partial charge in [-0.25, -0.2) is 0 Å². The van der Waals surface area contributed by atoms with Gasteiger partial charge in [0.25, 0.3) is 0 Å². The fourth-order valence-corrected chi connectivity index (χ4v) is 2.70. The van der Waals surface area contributed by atoms with E-state index in [1.165, 1.54) is 0 Å². The van der Waals surface area contributed by atoms with Crippen LogP contribution in [0.1, 0.15) is 57.6 Å².